The molecule has 2 amide bonds. The number of benzene rings is 2. The Morgan fingerprint density at radius 1 is 1.11 bits per heavy atom. The van der Waals surface area contributed by atoms with Crippen molar-refractivity contribution in [3.63, 3.8) is 0 Å². The van der Waals surface area contributed by atoms with Crippen LogP contribution in [0.5, 0.6) is 0 Å². The predicted molar refractivity (Wildman–Crippen MR) is 132 cm³/mol. The molecular weight excluding hydrogens is 527 g/mol. The maximum absolute atomic E-state index is 13.7. The summed E-state index contributed by atoms with van der Waals surface area (Å²) in [4.78, 5) is 38.4. The maximum atomic E-state index is 13.7. The first-order chi connectivity index (χ1) is 18.1. The zero-order chi connectivity index (χ0) is 27.4. The Bertz CT molecular complexity index is 1370. The monoisotopic (exact) mass is 551 g/mol. The Labute approximate surface area is 220 Å². The molecule has 4 rings (SSSR count). The van der Waals surface area contributed by atoms with Gasteiger partial charge in [-0.05, 0) is 48.7 Å². The Balaban J connectivity index is 1.61. The van der Waals surface area contributed by atoms with Crippen LogP contribution in [0.1, 0.15) is 42.5 Å². The highest BCUT2D eigenvalue weighted by Gasteiger charge is 2.36. The summed E-state index contributed by atoms with van der Waals surface area (Å²) in [5.41, 5.74) is -1.21. The van der Waals surface area contributed by atoms with Gasteiger partial charge in [0.15, 0.2) is 5.82 Å². The van der Waals surface area contributed by atoms with Crippen LogP contribution >= 0.6 is 11.6 Å². The summed E-state index contributed by atoms with van der Waals surface area (Å²) in [6, 6.07) is 9.89. The van der Waals surface area contributed by atoms with E-state index >= 15 is 0 Å². The molecule has 38 heavy (non-hydrogen) atoms. The van der Waals surface area contributed by atoms with E-state index in [2.05, 4.69) is 15.7 Å². The molecule has 0 bridgehead atoms. The number of carbonyl (C=O) groups excluding carboxylic acids is 2. The number of amides is 2. The minimum absolute atomic E-state index is 0.0633. The zero-order valence-corrected chi connectivity index (χ0v) is 20.8. The lowest BCUT2D eigenvalue weighted by Crippen LogP contribution is -2.38. The Hall–Kier alpha value is -3.64. The first-order valence-corrected chi connectivity index (χ1v) is 12.2. The van der Waals surface area contributed by atoms with Gasteiger partial charge in [-0.1, -0.05) is 29.8 Å². The lowest BCUT2D eigenvalue weighted by atomic mass is 9.97. The summed E-state index contributed by atoms with van der Waals surface area (Å²) in [5, 5.41) is 18.6. The van der Waals surface area contributed by atoms with Crippen LogP contribution in [0.2, 0.25) is 5.02 Å². The summed E-state index contributed by atoms with van der Waals surface area (Å²) in [6.45, 7) is -1.02. The summed E-state index contributed by atoms with van der Waals surface area (Å²) in [5.74, 6) is -1.11. The number of aromatic nitrogens is 3. The maximum Gasteiger partial charge on any atom is 0.416 e. The predicted octanol–water partition coefficient (Wildman–Crippen LogP) is 3.08. The normalized spacial score (nSPS) is 14.2. The highest BCUT2D eigenvalue weighted by atomic mass is 35.5. The molecule has 9 nitrogen and oxygen atoms in total. The third kappa shape index (κ3) is 6.43. The second-order valence-electron chi connectivity index (χ2n) is 8.85. The molecule has 0 radical (unpaired) electrons. The molecule has 0 spiro atoms. The van der Waals surface area contributed by atoms with Crippen LogP contribution in [0, 0.1) is 0 Å². The van der Waals surface area contributed by atoms with Crippen molar-refractivity contribution in [3.05, 3.63) is 75.2 Å². The van der Waals surface area contributed by atoms with E-state index in [9.17, 15) is 27.6 Å². The highest BCUT2D eigenvalue weighted by Crippen LogP contribution is 2.37. The molecule has 3 N–H and O–H groups in total. The lowest BCUT2D eigenvalue weighted by molar-refractivity contribution is -0.139. The van der Waals surface area contributed by atoms with Crippen LogP contribution in [0.4, 0.5) is 13.2 Å². The van der Waals surface area contributed by atoms with Gasteiger partial charge in [0.1, 0.15) is 6.54 Å². The number of aliphatic hydroxyl groups is 1. The number of hydrogen-bond acceptors (Lipinski definition) is 5. The molecule has 1 fully saturated rings. The smallest absolute Gasteiger partial charge is 0.395 e. The average Bonchev–Trinajstić information content (AvgIpc) is 3.66. The third-order valence-corrected chi connectivity index (χ3v) is 6.23. The Morgan fingerprint density at radius 2 is 1.79 bits per heavy atom. The molecule has 2 aromatic carbocycles. The number of nitrogens with one attached hydrogen (secondary N) is 2. The van der Waals surface area contributed by atoms with Crippen molar-refractivity contribution in [2.45, 2.75) is 44.1 Å². The summed E-state index contributed by atoms with van der Waals surface area (Å²) >= 11 is 5.96. The highest BCUT2D eigenvalue weighted by molar-refractivity contribution is 6.30. The molecule has 0 saturated heterocycles. The van der Waals surface area contributed by atoms with Crippen LogP contribution < -0.4 is 16.3 Å². The van der Waals surface area contributed by atoms with Gasteiger partial charge in [-0.2, -0.15) is 13.2 Å². The van der Waals surface area contributed by atoms with E-state index in [0.29, 0.717) is 16.4 Å². The summed E-state index contributed by atoms with van der Waals surface area (Å²) in [7, 11) is 0. The fourth-order valence-electron chi connectivity index (χ4n) is 4.11. The van der Waals surface area contributed by atoms with Gasteiger partial charge in [-0.15, -0.1) is 5.10 Å². The van der Waals surface area contributed by atoms with Gasteiger partial charge in [0.2, 0.25) is 11.8 Å². The van der Waals surface area contributed by atoms with E-state index in [1.54, 1.807) is 24.3 Å². The summed E-state index contributed by atoms with van der Waals surface area (Å²) < 4.78 is 43.5. The molecule has 0 aliphatic heterocycles. The molecule has 1 aromatic heterocycles. The van der Waals surface area contributed by atoms with Crippen molar-refractivity contribution < 1.29 is 27.9 Å². The minimum Gasteiger partial charge on any atom is -0.395 e. The van der Waals surface area contributed by atoms with Crippen molar-refractivity contribution >= 4 is 23.4 Å². The van der Waals surface area contributed by atoms with Gasteiger partial charge in [0.05, 0.1) is 24.6 Å². The van der Waals surface area contributed by atoms with Crippen molar-refractivity contribution in [2.75, 3.05) is 13.2 Å². The van der Waals surface area contributed by atoms with E-state index in [1.807, 2.05) is 0 Å². The number of hydrogen-bond donors (Lipinski definition) is 3. The van der Waals surface area contributed by atoms with Gasteiger partial charge in [-0.3, -0.25) is 14.2 Å². The van der Waals surface area contributed by atoms with Gasteiger partial charge in [-0.25, -0.2) is 9.48 Å². The Morgan fingerprint density at radius 3 is 2.42 bits per heavy atom. The first-order valence-electron chi connectivity index (χ1n) is 11.9. The standard InChI is InChI=1S/C25H25ClF3N5O4/c26-16-7-5-15(6-8-16)23-32-33(24(38)34(23)17-9-10-17)14-22(37)31-20(13-21(36)30-11-12-35)18-3-1-2-4-19(18)25(27,28)29/h1-8,17,20,35H,9-14H2,(H,30,36)(H,31,37). The SMILES string of the molecule is O=C(CC(NC(=O)Cn1nc(-c2ccc(Cl)cc2)n(C2CC2)c1=O)c1ccccc1C(F)(F)F)NCCO. The molecule has 1 unspecified atom stereocenters. The van der Waals surface area contributed by atoms with Crippen LogP contribution in [0.3, 0.4) is 0 Å². The van der Waals surface area contributed by atoms with Gasteiger partial charge in [0.25, 0.3) is 0 Å². The molecule has 1 atom stereocenters. The third-order valence-electron chi connectivity index (χ3n) is 5.98. The molecule has 1 aliphatic rings. The second-order valence-corrected chi connectivity index (χ2v) is 9.29. The quantitative estimate of drug-likeness (QED) is 0.358. The van der Waals surface area contributed by atoms with Crippen molar-refractivity contribution in [1.29, 1.82) is 0 Å². The number of carbonyl (C=O) groups is 2. The fourth-order valence-corrected chi connectivity index (χ4v) is 4.23. The van der Waals surface area contributed by atoms with Crippen LogP contribution in [0.25, 0.3) is 11.4 Å². The fraction of sp³-hybridized carbons (Fsp3) is 0.360. The molecule has 1 heterocycles. The molecule has 1 aliphatic carbocycles. The lowest BCUT2D eigenvalue weighted by Gasteiger charge is -2.22. The number of alkyl halides is 3. The van der Waals surface area contributed by atoms with E-state index in [-0.39, 0.29) is 24.8 Å². The number of nitrogens with zero attached hydrogens (tertiary/aromatic N) is 3. The second kappa shape index (κ2) is 11.4. The van der Waals surface area contributed by atoms with E-state index in [4.69, 9.17) is 16.7 Å². The summed E-state index contributed by atoms with van der Waals surface area (Å²) in [6.07, 6.45) is -3.69. The zero-order valence-electron chi connectivity index (χ0n) is 20.0. The first kappa shape index (κ1) is 27.4. The largest absolute Gasteiger partial charge is 0.416 e. The number of aliphatic hydroxyl groups excluding tert-OH is 1. The molecule has 3 aromatic rings. The van der Waals surface area contributed by atoms with Crippen LogP contribution in [-0.4, -0.2) is 44.4 Å². The molecule has 1 saturated carbocycles. The minimum atomic E-state index is -4.73. The van der Waals surface area contributed by atoms with Crippen molar-refractivity contribution in [2.24, 2.45) is 0 Å². The van der Waals surface area contributed by atoms with Crippen LogP contribution in [-0.2, 0) is 22.3 Å². The van der Waals surface area contributed by atoms with Gasteiger partial charge in [0, 0.05) is 23.2 Å². The number of rotatable bonds is 10. The Kier molecular flexibility index (Phi) is 8.22. The molecular formula is C25H25ClF3N5O4. The topological polar surface area (TPSA) is 118 Å². The van der Waals surface area contributed by atoms with Gasteiger partial charge < -0.3 is 15.7 Å². The van der Waals surface area contributed by atoms with Crippen molar-refractivity contribution in [3.8, 4) is 11.4 Å². The van der Waals surface area contributed by atoms with Crippen molar-refractivity contribution in [1.82, 2.24) is 25.0 Å². The molecule has 13 heteroatoms. The van der Waals surface area contributed by atoms with Gasteiger partial charge >= 0.3 is 11.9 Å². The average molecular weight is 552 g/mol. The molecule has 202 valence electrons. The number of halogens is 4. The van der Waals surface area contributed by atoms with Crippen LogP contribution in [0.15, 0.2) is 53.3 Å². The van der Waals surface area contributed by atoms with E-state index < -0.39 is 48.3 Å². The van der Waals surface area contributed by atoms with E-state index in [0.717, 1.165) is 23.6 Å². The van der Waals surface area contributed by atoms with E-state index in [1.165, 1.54) is 22.8 Å².